The number of rotatable bonds is 5. The minimum atomic E-state index is -0.329. The molecule has 0 radical (unpaired) electrons. The summed E-state index contributed by atoms with van der Waals surface area (Å²) in [5.74, 6) is 0.551. The number of hydrogen-bond acceptors (Lipinski definition) is 5. The van der Waals surface area contributed by atoms with Crippen molar-refractivity contribution < 1.29 is 4.92 Å². The van der Waals surface area contributed by atoms with Crippen LogP contribution in [-0.2, 0) is 13.6 Å². The van der Waals surface area contributed by atoms with E-state index in [1.54, 1.807) is 19.2 Å². The quantitative estimate of drug-likeness (QED) is 0.674. The number of nitrogens with one attached hydrogen (secondary N) is 1. The van der Waals surface area contributed by atoms with Gasteiger partial charge < -0.3 is 5.32 Å². The number of aryl methyl sites for hydroxylation is 1. The summed E-state index contributed by atoms with van der Waals surface area (Å²) in [6.07, 6.45) is 4.04. The summed E-state index contributed by atoms with van der Waals surface area (Å²) in [4.78, 5) is 13.2. The summed E-state index contributed by atoms with van der Waals surface area (Å²) in [7, 11) is 3.69. The van der Waals surface area contributed by atoms with Crippen molar-refractivity contribution in [3.05, 3.63) is 51.8 Å². The van der Waals surface area contributed by atoms with E-state index in [-0.39, 0.29) is 10.6 Å². The minimum absolute atomic E-state index is 0.139. The van der Waals surface area contributed by atoms with Gasteiger partial charge in [-0.3, -0.25) is 19.7 Å². The van der Waals surface area contributed by atoms with Gasteiger partial charge in [0.1, 0.15) is 5.69 Å². The van der Waals surface area contributed by atoms with Gasteiger partial charge in [-0.15, -0.1) is 0 Å². The Morgan fingerprint density at radius 2 is 2.08 bits per heavy atom. The van der Waals surface area contributed by atoms with Crippen LogP contribution in [0.1, 0.15) is 30.0 Å². The molecule has 7 nitrogen and oxygen atoms in total. The molecule has 2 heterocycles. The van der Waals surface area contributed by atoms with E-state index < -0.39 is 0 Å². The van der Waals surface area contributed by atoms with Crippen molar-refractivity contribution in [2.75, 3.05) is 25.5 Å². The third-order valence-corrected chi connectivity index (χ3v) is 4.80. The zero-order valence-corrected chi connectivity index (χ0v) is 14.1. The van der Waals surface area contributed by atoms with Crippen molar-refractivity contribution in [1.29, 1.82) is 0 Å². The Labute approximate surface area is 141 Å². The average Bonchev–Trinajstić information content (AvgIpc) is 3.01. The van der Waals surface area contributed by atoms with E-state index in [0.717, 1.165) is 38.0 Å². The molecule has 1 aromatic heterocycles. The maximum Gasteiger partial charge on any atom is 0.292 e. The molecule has 24 heavy (non-hydrogen) atoms. The summed E-state index contributed by atoms with van der Waals surface area (Å²) >= 11 is 0. The van der Waals surface area contributed by atoms with Crippen molar-refractivity contribution >= 4 is 11.4 Å². The Morgan fingerprint density at radius 1 is 1.33 bits per heavy atom. The van der Waals surface area contributed by atoms with Crippen molar-refractivity contribution in [2.45, 2.75) is 25.3 Å². The van der Waals surface area contributed by atoms with Crippen LogP contribution in [0.25, 0.3) is 0 Å². The van der Waals surface area contributed by atoms with E-state index in [4.69, 9.17) is 0 Å². The van der Waals surface area contributed by atoms with Gasteiger partial charge in [-0.05, 0) is 43.6 Å². The topological polar surface area (TPSA) is 76.2 Å². The summed E-state index contributed by atoms with van der Waals surface area (Å²) in [6, 6.07) is 7.53. The Morgan fingerprint density at radius 3 is 2.67 bits per heavy atom. The van der Waals surface area contributed by atoms with Crippen LogP contribution in [-0.4, -0.2) is 39.7 Å². The maximum absolute atomic E-state index is 11.2. The fraction of sp³-hybridized carbons (Fsp3) is 0.471. The monoisotopic (exact) mass is 329 g/mol. The maximum atomic E-state index is 11.2. The second-order valence-corrected chi connectivity index (χ2v) is 6.29. The van der Waals surface area contributed by atoms with E-state index >= 15 is 0 Å². The van der Waals surface area contributed by atoms with Gasteiger partial charge in [0, 0.05) is 44.5 Å². The molecule has 1 aliphatic rings. The molecular weight excluding hydrogens is 306 g/mol. The molecule has 1 fully saturated rings. The predicted octanol–water partition coefficient (Wildman–Crippen LogP) is 2.75. The number of hydrogen-bond donors (Lipinski definition) is 1. The number of piperidine rings is 1. The Bertz CT molecular complexity index is 720. The summed E-state index contributed by atoms with van der Waals surface area (Å²) in [5, 5.41) is 18.3. The van der Waals surface area contributed by atoms with Gasteiger partial charge in [0.2, 0.25) is 0 Å². The second-order valence-electron chi connectivity index (χ2n) is 6.29. The lowest BCUT2D eigenvalue weighted by atomic mass is 9.93. The fourth-order valence-electron chi connectivity index (χ4n) is 3.47. The Balaban J connectivity index is 1.63. The van der Waals surface area contributed by atoms with Crippen LogP contribution in [0.4, 0.5) is 11.4 Å². The number of benzene rings is 1. The average molecular weight is 329 g/mol. The summed E-state index contributed by atoms with van der Waals surface area (Å²) in [6.45, 7) is 2.75. The van der Waals surface area contributed by atoms with Crippen LogP contribution < -0.4 is 5.32 Å². The van der Waals surface area contributed by atoms with Crippen LogP contribution >= 0.6 is 0 Å². The van der Waals surface area contributed by atoms with Crippen LogP contribution in [0.15, 0.2) is 30.5 Å². The van der Waals surface area contributed by atoms with Crippen LogP contribution in [0.2, 0.25) is 0 Å². The van der Waals surface area contributed by atoms with Gasteiger partial charge >= 0.3 is 0 Å². The van der Waals surface area contributed by atoms with E-state index in [1.807, 2.05) is 24.0 Å². The number of nitrogens with zero attached hydrogens (tertiary/aromatic N) is 4. The lowest BCUT2D eigenvalue weighted by Crippen LogP contribution is -2.33. The minimum Gasteiger partial charge on any atom is -0.383 e. The van der Waals surface area contributed by atoms with Gasteiger partial charge in [-0.2, -0.15) is 5.10 Å². The first-order valence-corrected chi connectivity index (χ1v) is 8.24. The highest BCUT2D eigenvalue weighted by atomic mass is 16.6. The van der Waals surface area contributed by atoms with Gasteiger partial charge in [0.05, 0.1) is 4.92 Å². The lowest BCUT2D eigenvalue weighted by Gasteiger charge is -2.32. The van der Waals surface area contributed by atoms with Gasteiger partial charge in [0.15, 0.2) is 0 Å². The van der Waals surface area contributed by atoms with Crippen molar-refractivity contribution in [2.24, 2.45) is 7.05 Å². The zero-order chi connectivity index (χ0) is 17.1. The highest BCUT2D eigenvalue weighted by molar-refractivity contribution is 5.62. The Kier molecular flexibility index (Phi) is 4.80. The molecular formula is C17H23N5O2. The largest absolute Gasteiger partial charge is 0.383 e. The first-order valence-electron chi connectivity index (χ1n) is 8.24. The Hall–Kier alpha value is -2.41. The van der Waals surface area contributed by atoms with E-state index in [2.05, 4.69) is 21.4 Å². The molecule has 3 rings (SSSR count). The molecule has 2 aromatic rings. The highest BCUT2D eigenvalue weighted by Gasteiger charge is 2.23. The van der Waals surface area contributed by atoms with Crippen LogP contribution in [0.5, 0.6) is 0 Å². The van der Waals surface area contributed by atoms with Crippen LogP contribution in [0, 0.1) is 10.1 Å². The highest BCUT2D eigenvalue weighted by Crippen LogP contribution is 2.29. The molecule has 1 saturated heterocycles. The number of nitro groups is 1. The third kappa shape index (κ3) is 3.41. The van der Waals surface area contributed by atoms with E-state index in [0.29, 0.717) is 11.6 Å². The molecule has 1 aromatic carbocycles. The normalized spacial score (nSPS) is 16.2. The van der Waals surface area contributed by atoms with E-state index in [9.17, 15) is 10.1 Å². The molecule has 7 heteroatoms. The van der Waals surface area contributed by atoms with Gasteiger partial charge in [-0.1, -0.05) is 6.07 Å². The molecule has 0 spiro atoms. The molecule has 0 saturated carbocycles. The summed E-state index contributed by atoms with van der Waals surface area (Å²) in [5.41, 5.74) is 2.97. The molecule has 1 N–H and O–H groups in total. The lowest BCUT2D eigenvalue weighted by molar-refractivity contribution is -0.384. The van der Waals surface area contributed by atoms with Crippen LogP contribution in [0.3, 0.4) is 0 Å². The second kappa shape index (κ2) is 7.00. The third-order valence-electron chi connectivity index (χ3n) is 4.80. The van der Waals surface area contributed by atoms with Crippen molar-refractivity contribution in [3.8, 4) is 0 Å². The first-order chi connectivity index (χ1) is 11.6. The molecule has 0 unspecified atom stereocenters. The van der Waals surface area contributed by atoms with Gasteiger partial charge in [0.25, 0.3) is 5.69 Å². The number of nitro benzene ring substituents is 1. The zero-order valence-electron chi connectivity index (χ0n) is 14.1. The van der Waals surface area contributed by atoms with Crippen molar-refractivity contribution in [3.63, 3.8) is 0 Å². The number of likely N-dealkylation sites (tertiary alicyclic amines) is 1. The fourth-order valence-corrected chi connectivity index (χ4v) is 3.47. The van der Waals surface area contributed by atoms with E-state index in [1.165, 1.54) is 5.69 Å². The summed E-state index contributed by atoms with van der Waals surface area (Å²) < 4.78 is 1.96. The molecule has 0 atom stereocenters. The number of anilines is 1. The molecule has 0 aliphatic carbocycles. The van der Waals surface area contributed by atoms with Gasteiger partial charge in [-0.25, -0.2) is 0 Å². The molecule has 1 aliphatic heterocycles. The molecule has 0 amide bonds. The van der Waals surface area contributed by atoms with Crippen molar-refractivity contribution in [1.82, 2.24) is 14.7 Å². The SMILES string of the molecule is CNc1ccc(CN2CCC(c3ccnn3C)CC2)cc1[N+](=O)[O-]. The molecule has 0 bridgehead atoms. The predicted molar refractivity (Wildman–Crippen MR) is 93.1 cm³/mol. The first kappa shape index (κ1) is 16.4. The smallest absolute Gasteiger partial charge is 0.292 e. The molecule has 128 valence electrons. The number of aromatic nitrogens is 2. The standard InChI is InChI=1S/C17H23N5O2/c1-18-15-4-3-13(11-17(15)22(23)24)12-21-9-6-14(7-10-21)16-5-8-19-20(16)2/h3-5,8,11,14,18H,6-7,9-10,12H2,1-2H3.